The highest BCUT2D eigenvalue weighted by atomic mass is 32.2. The second-order valence-corrected chi connectivity index (χ2v) is 7.31. The van der Waals surface area contributed by atoms with Gasteiger partial charge in [-0.05, 0) is 46.8 Å². The summed E-state index contributed by atoms with van der Waals surface area (Å²) in [6, 6.07) is 13.0. The van der Waals surface area contributed by atoms with Gasteiger partial charge in [-0.1, -0.05) is 12.1 Å². The van der Waals surface area contributed by atoms with Gasteiger partial charge in [-0.15, -0.1) is 5.10 Å². The lowest BCUT2D eigenvalue weighted by atomic mass is 10.2. The highest BCUT2D eigenvalue weighted by molar-refractivity contribution is 7.92. The second-order valence-electron chi connectivity index (χ2n) is 5.63. The number of aromatic nitrogens is 4. The number of sulfonamides is 1. The van der Waals surface area contributed by atoms with Gasteiger partial charge in [-0.25, -0.2) is 13.1 Å². The van der Waals surface area contributed by atoms with Crippen molar-refractivity contribution in [1.29, 1.82) is 0 Å². The zero-order valence-corrected chi connectivity index (χ0v) is 15.7. The van der Waals surface area contributed by atoms with Crippen LogP contribution in [0.3, 0.4) is 0 Å². The molecule has 0 fully saturated rings. The number of aryl methyl sites for hydroxylation is 1. The number of hydrogen-bond donors (Lipinski definition) is 1. The summed E-state index contributed by atoms with van der Waals surface area (Å²) < 4.78 is 39.7. The van der Waals surface area contributed by atoms with Crippen LogP contribution in [0, 0.1) is 0 Å². The molecule has 0 aliphatic rings. The molecule has 1 aromatic heterocycles. The fourth-order valence-corrected chi connectivity index (χ4v) is 3.42. The molecule has 0 atom stereocenters. The SMILES string of the molecule is COCCOc1ccc(S(=O)(=O)Nc2cccc(-c3nnnn3C)c2)cc1. The molecule has 3 rings (SSSR count). The highest BCUT2D eigenvalue weighted by Crippen LogP contribution is 2.23. The van der Waals surface area contributed by atoms with Crippen molar-refractivity contribution in [3.05, 3.63) is 48.5 Å². The zero-order chi connectivity index (χ0) is 19.3. The van der Waals surface area contributed by atoms with Gasteiger partial charge in [0.15, 0.2) is 5.82 Å². The van der Waals surface area contributed by atoms with Gasteiger partial charge < -0.3 is 9.47 Å². The van der Waals surface area contributed by atoms with E-state index < -0.39 is 10.0 Å². The summed E-state index contributed by atoms with van der Waals surface area (Å²) in [6.07, 6.45) is 0. The lowest BCUT2D eigenvalue weighted by molar-refractivity contribution is 0.146. The van der Waals surface area contributed by atoms with Crippen molar-refractivity contribution < 1.29 is 17.9 Å². The largest absolute Gasteiger partial charge is 0.491 e. The first-order valence-electron chi connectivity index (χ1n) is 8.07. The van der Waals surface area contributed by atoms with Crippen LogP contribution in [0.1, 0.15) is 0 Å². The first-order valence-corrected chi connectivity index (χ1v) is 9.55. The molecular weight excluding hydrogens is 370 g/mol. The van der Waals surface area contributed by atoms with Crippen molar-refractivity contribution in [2.75, 3.05) is 25.0 Å². The van der Waals surface area contributed by atoms with E-state index in [2.05, 4.69) is 20.2 Å². The van der Waals surface area contributed by atoms with E-state index in [0.717, 1.165) is 0 Å². The van der Waals surface area contributed by atoms with Gasteiger partial charge in [0.1, 0.15) is 12.4 Å². The van der Waals surface area contributed by atoms with Crippen molar-refractivity contribution in [3.63, 3.8) is 0 Å². The molecule has 0 unspecified atom stereocenters. The second kappa shape index (κ2) is 8.14. The number of benzene rings is 2. The van der Waals surface area contributed by atoms with Gasteiger partial charge in [0.2, 0.25) is 0 Å². The van der Waals surface area contributed by atoms with Crippen molar-refractivity contribution in [3.8, 4) is 17.1 Å². The summed E-state index contributed by atoms with van der Waals surface area (Å²) in [4.78, 5) is 0.132. The molecule has 0 radical (unpaired) electrons. The normalized spacial score (nSPS) is 11.3. The van der Waals surface area contributed by atoms with Gasteiger partial charge in [0.05, 0.1) is 11.5 Å². The maximum absolute atomic E-state index is 12.6. The Labute approximate surface area is 157 Å². The topological polar surface area (TPSA) is 108 Å². The number of anilines is 1. The van der Waals surface area contributed by atoms with Crippen molar-refractivity contribution in [2.45, 2.75) is 4.90 Å². The number of nitrogens with one attached hydrogen (secondary N) is 1. The lowest BCUT2D eigenvalue weighted by Gasteiger charge is -2.10. The van der Waals surface area contributed by atoms with Crippen LogP contribution in [-0.2, 0) is 21.8 Å². The molecule has 142 valence electrons. The average molecular weight is 389 g/mol. The fraction of sp³-hybridized carbons (Fsp3) is 0.235. The number of ether oxygens (including phenoxy) is 2. The predicted molar refractivity (Wildman–Crippen MR) is 98.9 cm³/mol. The summed E-state index contributed by atoms with van der Waals surface area (Å²) in [5.41, 5.74) is 1.11. The minimum Gasteiger partial charge on any atom is -0.491 e. The summed E-state index contributed by atoms with van der Waals surface area (Å²) in [5, 5.41) is 11.3. The molecule has 0 bridgehead atoms. The van der Waals surface area contributed by atoms with E-state index >= 15 is 0 Å². The molecule has 0 aliphatic carbocycles. The molecule has 0 saturated heterocycles. The van der Waals surface area contributed by atoms with Gasteiger partial charge in [-0.2, -0.15) is 0 Å². The van der Waals surface area contributed by atoms with Crippen LogP contribution < -0.4 is 9.46 Å². The maximum atomic E-state index is 12.6. The van der Waals surface area contributed by atoms with Gasteiger partial charge in [0.25, 0.3) is 10.0 Å². The molecule has 0 spiro atoms. The van der Waals surface area contributed by atoms with Crippen LogP contribution in [0.5, 0.6) is 5.75 Å². The summed E-state index contributed by atoms with van der Waals surface area (Å²) in [6.45, 7) is 0.851. The first-order chi connectivity index (χ1) is 13.0. The smallest absolute Gasteiger partial charge is 0.261 e. The third kappa shape index (κ3) is 4.60. The van der Waals surface area contributed by atoms with Crippen molar-refractivity contribution in [1.82, 2.24) is 20.2 Å². The Morgan fingerprint density at radius 2 is 1.89 bits per heavy atom. The van der Waals surface area contributed by atoms with E-state index in [1.807, 2.05) is 0 Å². The van der Waals surface area contributed by atoms with Crippen LogP contribution >= 0.6 is 0 Å². The molecule has 27 heavy (non-hydrogen) atoms. The molecule has 3 aromatic rings. The number of methoxy groups -OCH3 is 1. The summed E-state index contributed by atoms with van der Waals surface area (Å²) in [7, 11) is -0.445. The minimum absolute atomic E-state index is 0.132. The Hall–Kier alpha value is -2.98. The van der Waals surface area contributed by atoms with E-state index in [1.54, 1.807) is 50.6 Å². The molecular formula is C17H19N5O4S. The van der Waals surface area contributed by atoms with Gasteiger partial charge >= 0.3 is 0 Å². The number of nitrogens with zero attached hydrogens (tertiary/aromatic N) is 4. The molecule has 1 N–H and O–H groups in total. The lowest BCUT2D eigenvalue weighted by Crippen LogP contribution is -2.13. The number of rotatable bonds is 8. The number of tetrazole rings is 1. The molecule has 9 nitrogen and oxygen atoms in total. The predicted octanol–water partition coefficient (Wildman–Crippen LogP) is 1.70. The fourth-order valence-electron chi connectivity index (χ4n) is 2.37. The van der Waals surface area contributed by atoms with Crippen LogP contribution in [0.15, 0.2) is 53.4 Å². The molecule has 0 amide bonds. The molecule has 10 heteroatoms. The van der Waals surface area contributed by atoms with Gasteiger partial charge in [0, 0.05) is 25.4 Å². The van der Waals surface area contributed by atoms with Crippen LogP contribution in [0.25, 0.3) is 11.4 Å². The third-order valence-corrected chi connectivity index (χ3v) is 5.08. The van der Waals surface area contributed by atoms with Crippen molar-refractivity contribution >= 4 is 15.7 Å². The van der Waals surface area contributed by atoms with Crippen LogP contribution in [-0.4, -0.2) is 48.9 Å². The van der Waals surface area contributed by atoms with Crippen LogP contribution in [0.4, 0.5) is 5.69 Å². The molecule has 2 aromatic carbocycles. The van der Waals surface area contributed by atoms with E-state index in [9.17, 15) is 8.42 Å². The van der Waals surface area contributed by atoms with E-state index in [-0.39, 0.29) is 4.90 Å². The molecule has 0 saturated carbocycles. The Bertz CT molecular complexity index is 1000. The molecule has 0 aliphatic heterocycles. The summed E-state index contributed by atoms with van der Waals surface area (Å²) in [5.74, 6) is 1.11. The van der Waals surface area contributed by atoms with Gasteiger partial charge in [-0.3, -0.25) is 4.72 Å². The Balaban J connectivity index is 1.76. The monoisotopic (exact) mass is 389 g/mol. The Morgan fingerprint density at radius 1 is 1.11 bits per heavy atom. The van der Waals surface area contributed by atoms with E-state index in [1.165, 1.54) is 16.8 Å². The maximum Gasteiger partial charge on any atom is 0.261 e. The molecule has 1 heterocycles. The van der Waals surface area contributed by atoms with E-state index in [4.69, 9.17) is 9.47 Å². The Morgan fingerprint density at radius 3 is 2.56 bits per heavy atom. The Kier molecular flexibility index (Phi) is 5.67. The highest BCUT2D eigenvalue weighted by Gasteiger charge is 2.15. The first kappa shape index (κ1) is 18.8. The van der Waals surface area contributed by atoms with Crippen molar-refractivity contribution in [2.24, 2.45) is 7.05 Å². The van der Waals surface area contributed by atoms with E-state index in [0.29, 0.717) is 36.0 Å². The third-order valence-electron chi connectivity index (χ3n) is 3.68. The summed E-state index contributed by atoms with van der Waals surface area (Å²) >= 11 is 0. The average Bonchev–Trinajstić information content (AvgIpc) is 3.08. The quantitative estimate of drug-likeness (QED) is 0.584. The zero-order valence-electron chi connectivity index (χ0n) is 14.9. The minimum atomic E-state index is -3.74. The number of hydrogen-bond acceptors (Lipinski definition) is 7. The standard InChI is InChI=1S/C17H19N5O4S/c1-22-17(18-20-21-22)13-4-3-5-14(12-13)19-27(23,24)16-8-6-15(7-9-16)26-11-10-25-2/h3-9,12,19H,10-11H2,1-2H3. The van der Waals surface area contributed by atoms with Crippen LogP contribution in [0.2, 0.25) is 0 Å².